The molecule has 0 radical (unpaired) electrons. The Balaban J connectivity index is 1.35. The number of anilines is 3. The summed E-state index contributed by atoms with van der Waals surface area (Å²) in [5, 5.41) is 9.56. The average Bonchev–Trinajstić information content (AvgIpc) is 3.30. The topological polar surface area (TPSA) is 85.9 Å². The SMILES string of the molecule is FC1(F)CN(c2nc(Nc3cc(C(F)(F)F)ccn3)cc(C3CCN(Cc4cn[nH]c4)CC3)n2)C1. The first-order valence-corrected chi connectivity index (χ1v) is 11.2. The van der Waals surface area contributed by atoms with Gasteiger partial charge in [0.25, 0.3) is 5.92 Å². The summed E-state index contributed by atoms with van der Waals surface area (Å²) in [6.07, 6.45) is 1.77. The van der Waals surface area contributed by atoms with E-state index in [9.17, 15) is 22.0 Å². The summed E-state index contributed by atoms with van der Waals surface area (Å²) in [5.41, 5.74) is 0.908. The van der Waals surface area contributed by atoms with Gasteiger partial charge in [-0.3, -0.25) is 10.00 Å². The van der Waals surface area contributed by atoms with E-state index in [4.69, 9.17) is 0 Å². The molecule has 186 valence electrons. The molecule has 8 nitrogen and oxygen atoms in total. The highest BCUT2D eigenvalue weighted by atomic mass is 19.4. The van der Waals surface area contributed by atoms with Gasteiger partial charge in [0.1, 0.15) is 11.6 Å². The summed E-state index contributed by atoms with van der Waals surface area (Å²) in [7, 11) is 0. The Morgan fingerprint density at radius 1 is 1.09 bits per heavy atom. The van der Waals surface area contributed by atoms with Crippen LogP contribution in [-0.4, -0.2) is 62.2 Å². The van der Waals surface area contributed by atoms with Crippen LogP contribution in [0.5, 0.6) is 0 Å². The summed E-state index contributed by atoms with van der Waals surface area (Å²) in [6, 6.07) is 3.43. The highest BCUT2D eigenvalue weighted by Gasteiger charge is 2.45. The number of alkyl halides is 5. The number of H-pyrrole nitrogens is 1. The van der Waals surface area contributed by atoms with Crippen molar-refractivity contribution in [2.45, 2.75) is 37.4 Å². The first-order chi connectivity index (χ1) is 16.6. The molecule has 2 saturated heterocycles. The Morgan fingerprint density at radius 3 is 2.51 bits per heavy atom. The van der Waals surface area contributed by atoms with Gasteiger partial charge in [-0.2, -0.15) is 23.3 Å². The first-order valence-electron chi connectivity index (χ1n) is 11.2. The number of halogens is 5. The van der Waals surface area contributed by atoms with Gasteiger partial charge < -0.3 is 10.2 Å². The molecule has 2 aliphatic rings. The lowest BCUT2D eigenvalue weighted by Crippen LogP contribution is -2.57. The third-order valence-corrected chi connectivity index (χ3v) is 6.17. The number of aromatic nitrogens is 5. The number of pyridine rings is 1. The predicted octanol–water partition coefficient (Wildman–Crippen LogP) is 4.19. The molecule has 0 atom stereocenters. The van der Waals surface area contributed by atoms with Crippen molar-refractivity contribution in [2.75, 3.05) is 36.4 Å². The molecular weight excluding hydrogens is 471 g/mol. The minimum atomic E-state index is -4.52. The van der Waals surface area contributed by atoms with Crippen molar-refractivity contribution in [2.24, 2.45) is 0 Å². The molecule has 3 aromatic rings. The predicted molar refractivity (Wildman–Crippen MR) is 118 cm³/mol. The van der Waals surface area contributed by atoms with Gasteiger partial charge in [0.15, 0.2) is 0 Å². The zero-order valence-corrected chi connectivity index (χ0v) is 18.6. The second kappa shape index (κ2) is 9.02. The van der Waals surface area contributed by atoms with Crippen LogP contribution in [0.2, 0.25) is 0 Å². The third kappa shape index (κ3) is 5.50. The number of rotatable bonds is 6. The van der Waals surface area contributed by atoms with Crippen molar-refractivity contribution in [3.8, 4) is 0 Å². The van der Waals surface area contributed by atoms with Gasteiger partial charge >= 0.3 is 6.18 Å². The van der Waals surface area contributed by atoms with Gasteiger partial charge in [-0.1, -0.05) is 0 Å². The molecule has 0 aliphatic carbocycles. The molecule has 5 heterocycles. The first kappa shape index (κ1) is 23.4. The van der Waals surface area contributed by atoms with Gasteiger partial charge in [-0.05, 0) is 38.1 Å². The van der Waals surface area contributed by atoms with Gasteiger partial charge in [0.2, 0.25) is 5.95 Å². The largest absolute Gasteiger partial charge is 0.416 e. The van der Waals surface area contributed by atoms with Gasteiger partial charge in [0.05, 0.1) is 30.5 Å². The lowest BCUT2D eigenvalue weighted by Gasteiger charge is -2.39. The molecule has 13 heteroatoms. The lowest BCUT2D eigenvalue weighted by molar-refractivity contribution is -0.137. The van der Waals surface area contributed by atoms with Crippen LogP contribution in [0, 0.1) is 0 Å². The number of piperidine rings is 1. The van der Waals surface area contributed by atoms with E-state index in [0.29, 0.717) is 5.69 Å². The molecular formula is C22H23F5N8. The van der Waals surface area contributed by atoms with E-state index in [-0.39, 0.29) is 23.5 Å². The number of aromatic amines is 1. The molecule has 0 aromatic carbocycles. The standard InChI is InChI=1S/C22H23F5N8/c23-21(24)12-35(13-21)20-31-17(15-2-5-34(6-3-15)11-14-9-29-30-10-14)8-19(33-20)32-18-7-16(1-4-28-18)22(25,26)27/h1,4,7-10,15H,2-3,5-6,11-13H2,(H,29,30)(H,28,31,32,33). The maximum atomic E-state index is 13.5. The van der Waals surface area contributed by atoms with Gasteiger partial charge in [-0.15, -0.1) is 0 Å². The van der Waals surface area contributed by atoms with Crippen LogP contribution in [0.4, 0.5) is 39.5 Å². The van der Waals surface area contributed by atoms with E-state index in [1.807, 2.05) is 6.20 Å². The van der Waals surface area contributed by atoms with Crippen molar-refractivity contribution in [3.63, 3.8) is 0 Å². The zero-order chi connectivity index (χ0) is 24.6. The van der Waals surface area contributed by atoms with E-state index in [0.717, 1.165) is 56.4 Å². The molecule has 0 amide bonds. The van der Waals surface area contributed by atoms with E-state index >= 15 is 0 Å². The quantitative estimate of drug-likeness (QED) is 0.497. The van der Waals surface area contributed by atoms with Crippen LogP contribution >= 0.6 is 0 Å². The normalized spacial score (nSPS) is 18.9. The number of hydrogen-bond donors (Lipinski definition) is 2. The van der Waals surface area contributed by atoms with Crippen LogP contribution in [0.25, 0.3) is 0 Å². The van der Waals surface area contributed by atoms with Gasteiger partial charge in [-0.25, -0.2) is 18.7 Å². The van der Waals surface area contributed by atoms with Crippen molar-refractivity contribution >= 4 is 17.6 Å². The molecule has 2 aliphatic heterocycles. The summed E-state index contributed by atoms with van der Waals surface area (Å²) in [5.74, 6) is -2.45. The second-order valence-electron chi connectivity index (χ2n) is 8.90. The van der Waals surface area contributed by atoms with Crippen LogP contribution in [-0.2, 0) is 12.7 Å². The van der Waals surface area contributed by atoms with Crippen molar-refractivity contribution in [3.05, 3.63) is 53.6 Å². The highest BCUT2D eigenvalue weighted by molar-refractivity contribution is 5.56. The molecule has 3 aromatic heterocycles. The number of hydrogen-bond acceptors (Lipinski definition) is 7. The highest BCUT2D eigenvalue weighted by Crippen LogP contribution is 2.35. The number of nitrogens with zero attached hydrogens (tertiary/aromatic N) is 6. The van der Waals surface area contributed by atoms with Crippen LogP contribution in [0.3, 0.4) is 0 Å². The smallest absolute Gasteiger partial charge is 0.329 e. The Bertz CT molecular complexity index is 1150. The minimum absolute atomic E-state index is 0.0423. The summed E-state index contributed by atoms with van der Waals surface area (Å²) in [4.78, 5) is 16.5. The lowest BCUT2D eigenvalue weighted by atomic mass is 9.93. The minimum Gasteiger partial charge on any atom is -0.329 e. The Hall–Kier alpha value is -3.35. The maximum Gasteiger partial charge on any atom is 0.416 e. The number of likely N-dealkylation sites (tertiary alicyclic amines) is 1. The maximum absolute atomic E-state index is 13.5. The van der Waals surface area contributed by atoms with Crippen molar-refractivity contribution < 1.29 is 22.0 Å². The van der Waals surface area contributed by atoms with E-state index in [1.54, 1.807) is 12.3 Å². The van der Waals surface area contributed by atoms with E-state index < -0.39 is 30.8 Å². The molecule has 2 N–H and O–H groups in total. The fourth-order valence-electron chi connectivity index (χ4n) is 4.34. The van der Waals surface area contributed by atoms with E-state index in [2.05, 4.69) is 35.4 Å². The monoisotopic (exact) mass is 494 g/mol. The van der Waals surface area contributed by atoms with Crippen LogP contribution in [0.1, 0.15) is 35.6 Å². The molecule has 0 saturated carbocycles. The Kier molecular flexibility index (Phi) is 6.03. The molecule has 0 unspecified atom stereocenters. The number of nitrogens with one attached hydrogen (secondary N) is 2. The molecule has 0 spiro atoms. The van der Waals surface area contributed by atoms with Crippen LogP contribution in [0.15, 0.2) is 36.8 Å². The second-order valence-corrected chi connectivity index (χ2v) is 8.90. The Labute approximate surface area is 197 Å². The molecule has 0 bridgehead atoms. The molecule has 5 rings (SSSR count). The van der Waals surface area contributed by atoms with Crippen LogP contribution < -0.4 is 10.2 Å². The van der Waals surface area contributed by atoms with E-state index in [1.165, 1.54) is 4.90 Å². The fourth-order valence-corrected chi connectivity index (χ4v) is 4.34. The fraction of sp³-hybridized carbons (Fsp3) is 0.455. The average molecular weight is 494 g/mol. The zero-order valence-electron chi connectivity index (χ0n) is 18.6. The third-order valence-electron chi connectivity index (χ3n) is 6.17. The summed E-state index contributed by atoms with van der Waals surface area (Å²) >= 11 is 0. The van der Waals surface area contributed by atoms with Gasteiger partial charge in [0, 0.05) is 36.5 Å². The summed E-state index contributed by atoms with van der Waals surface area (Å²) < 4.78 is 66.3. The summed E-state index contributed by atoms with van der Waals surface area (Å²) in [6.45, 7) is 1.40. The van der Waals surface area contributed by atoms with Crippen molar-refractivity contribution in [1.29, 1.82) is 0 Å². The Morgan fingerprint density at radius 2 is 1.86 bits per heavy atom. The molecule has 35 heavy (non-hydrogen) atoms. The molecule has 2 fully saturated rings. The van der Waals surface area contributed by atoms with Crippen molar-refractivity contribution in [1.82, 2.24) is 30.0 Å².